The highest BCUT2D eigenvalue weighted by Crippen LogP contribution is 1.87. The predicted molar refractivity (Wildman–Crippen MR) is 51.3 cm³/mol. The molecule has 0 aromatic carbocycles. The minimum atomic E-state index is -0.0532. The second-order valence-corrected chi connectivity index (χ2v) is 2.32. The lowest BCUT2D eigenvalue weighted by atomic mass is 10.5. The molecule has 3 heteroatoms. The Hall–Kier alpha value is -1.77. The summed E-state index contributed by atoms with van der Waals surface area (Å²) in [5, 5.41) is 0. The summed E-state index contributed by atoms with van der Waals surface area (Å²) in [5.74, 6) is 0. The molecule has 0 aliphatic carbocycles. The average molecular weight is 177 g/mol. The lowest BCUT2D eigenvalue weighted by molar-refractivity contribution is 0.286. The molecule has 0 spiro atoms. The van der Waals surface area contributed by atoms with Crippen LogP contribution >= 0.6 is 0 Å². The first-order valence-electron chi connectivity index (χ1n) is 3.96. The average Bonchev–Trinajstić information content (AvgIpc) is 2.22. The Labute approximate surface area is 76.4 Å². The summed E-state index contributed by atoms with van der Waals surface area (Å²) < 4.78 is 4.80. The topological polar surface area (TPSA) is 42.1 Å². The number of aromatic nitrogens is 1. The molecule has 3 nitrogen and oxygen atoms in total. The minimum absolute atomic E-state index is 0.0532. The van der Waals surface area contributed by atoms with Gasteiger partial charge >= 0.3 is 0 Å². The lowest BCUT2D eigenvalue weighted by Gasteiger charge is -1.94. The van der Waals surface area contributed by atoms with Crippen molar-refractivity contribution in [1.29, 1.82) is 0 Å². The molecule has 68 valence electrons. The van der Waals surface area contributed by atoms with E-state index in [1.807, 2.05) is 18.2 Å². The number of pyridine rings is 1. The van der Waals surface area contributed by atoms with E-state index in [9.17, 15) is 4.79 Å². The van der Waals surface area contributed by atoms with Gasteiger partial charge in [0, 0.05) is 12.3 Å². The fraction of sp³-hybridized carbons (Fsp3) is 0.100. The van der Waals surface area contributed by atoms with E-state index in [4.69, 9.17) is 4.74 Å². The van der Waals surface area contributed by atoms with E-state index in [2.05, 4.69) is 4.98 Å². The van der Waals surface area contributed by atoms with Crippen molar-refractivity contribution in [3.05, 3.63) is 59.2 Å². The summed E-state index contributed by atoms with van der Waals surface area (Å²) in [5.41, 5.74) is -0.0532. The number of H-pyrrole nitrogens is 1. The quantitative estimate of drug-likeness (QED) is 0.651. The Morgan fingerprint density at radius 1 is 1.31 bits per heavy atom. The summed E-state index contributed by atoms with van der Waals surface area (Å²) in [6.45, 7) is 0.733. The van der Waals surface area contributed by atoms with Crippen molar-refractivity contribution in [3.63, 3.8) is 0 Å². The Bertz CT molecular complexity index is 309. The first-order valence-corrected chi connectivity index (χ1v) is 3.96. The zero-order valence-corrected chi connectivity index (χ0v) is 7.14. The number of nitrogens with one attached hydrogen (secondary N) is 1. The van der Waals surface area contributed by atoms with Gasteiger partial charge in [-0.1, -0.05) is 12.1 Å². The number of rotatable bonds is 0. The van der Waals surface area contributed by atoms with Crippen molar-refractivity contribution < 1.29 is 4.74 Å². The Balaban J connectivity index is 0.000000132. The molecule has 0 atom stereocenters. The number of hydrogen-bond donors (Lipinski definition) is 1. The maximum absolute atomic E-state index is 10.2. The summed E-state index contributed by atoms with van der Waals surface area (Å²) in [7, 11) is 0. The van der Waals surface area contributed by atoms with Gasteiger partial charge in [0.1, 0.15) is 6.61 Å². The molecule has 0 radical (unpaired) electrons. The van der Waals surface area contributed by atoms with Gasteiger partial charge in [-0.05, 0) is 18.2 Å². The number of allylic oxidation sites excluding steroid dienone is 2. The van der Waals surface area contributed by atoms with Gasteiger partial charge in [0.2, 0.25) is 5.56 Å². The van der Waals surface area contributed by atoms with E-state index in [0.29, 0.717) is 0 Å². The third-order valence-electron chi connectivity index (χ3n) is 1.29. The maximum atomic E-state index is 10.2. The molecule has 0 fully saturated rings. The Morgan fingerprint density at radius 2 is 2.23 bits per heavy atom. The smallest absolute Gasteiger partial charge is 0.247 e. The third-order valence-corrected chi connectivity index (χ3v) is 1.29. The van der Waals surface area contributed by atoms with E-state index >= 15 is 0 Å². The van der Waals surface area contributed by atoms with Crippen molar-refractivity contribution in [2.75, 3.05) is 6.61 Å². The standard InChI is InChI=1S/C5H5NO.C5H6O/c7-5-3-1-2-4-6-5;1-2-4-6-5-3-1/h1-4H,(H,6,7);1-4H,5H2. The molecule has 0 amide bonds. The van der Waals surface area contributed by atoms with Crippen LogP contribution in [-0.4, -0.2) is 11.6 Å². The molecular formula is C10H11NO2. The monoisotopic (exact) mass is 177 g/mol. The summed E-state index contributed by atoms with van der Waals surface area (Å²) in [6.07, 6.45) is 9.06. The van der Waals surface area contributed by atoms with Crippen molar-refractivity contribution >= 4 is 0 Å². The van der Waals surface area contributed by atoms with E-state index in [1.165, 1.54) is 6.07 Å². The van der Waals surface area contributed by atoms with Gasteiger partial charge in [-0.2, -0.15) is 0 Å². The molecule has 1 aliphatic rings. The molecule has 1 aromatic rings. The Morgan fingerprint density at radius 3 is 2.46 bits per heavy atom. The number of ether oxygens (including phenoxy) is 1. The van der Waals surface area contributed by atoms with E-state index in [0.717, 1.165) is 6.61 Å². The summed E-state index contributed by atoms with van der Waals surface area (Å²) in [6, 6.07) is 4.93. The van der Waals surface area contributed by atoms with Crippen molar-refractivity contribution in [2.45, 2.75) is 0 Å². The third kappa shape index (κ3) is 4.63. The number of hydrogen-bond acceptors (Lipinski definition) is 2. The fourth-order valence-corrected chi connectivity index (χ4v) is 0.723. The zero-order chi connectivity index (χ0) is 9.36. The van der Waals surface area contributed by atoms with E-state index < -0.39 is 0 Å². The first kappa shape index (κ1) is 9.32. The number of aromatic amines is 1. The summed E-state index contributed by atoms with van der Waals surface area (Å²) in [4.78, 5) is 12.7. The van der Waals surface area contributed by atoms with Gasteiger partial charge in [-0.25, -0.2) is 0 Å². The van der Waals surface area contributed by atoms with Gasteiger partial charge in [0.05, 0.1) is 6.26 Å². The van der Waals surface area contributed by atoms with Crippen molar-refractivity contribution in [3.8, 4) is 0 Å². The SMILES string of the molecule is C1=CCOC=C1.O=c1cccc[nH]1. The van der Waals surface area contributed by atoms with Crippen molar-refractivity contribution in [2.24, 2.45) is 0 Å². The first-order chi connectivity index (χ1) is 6.39. The van der Waals surface area contributed by atoms with Crippen molar-refractivity contribution in [1.82, 2.24) is 4.98 Å². The molecule has 0 unspecified atom stereocenters. The second-order valence-electron chi connectivity index (χ2n) is 2.32. The van der Waals surface area contributed by atoms with Crippen LogP contribution in [0.25, 0.3) is 0 Å². The van der Waals surface area contributed by atoms with Gasteiger partial charge in [0.25, 0.3) is 0 Å². The van der Waals surface area contributed by atoms with Crippen LogP contribution in [0.4, 0.5) is 0 Å². The second kappa shape index (κ2) is 5.83. The van der Waals surface area contributed by atoms with Gasteiger partial charge in [0.15, 0.2) is 0 Å². The molecule has 0 saturated heterocycles. The lowest BCUT2D eigenvalue weighted by Crippen LogP contribution is -1.98. The largest absolute Gasteiger partial charge is 0.497 e. The molecule has 1 N–H and O–H groups in total. The molecule has 1 aliphatic heterocycles. The van der Waals surface area contributed by atoms with Gasteiger partial charge < -0.3 is 9.72 Å². The van der Waals surface area contributed by atoms with Crippen LogP contribution in [0.1, 0.15) is 0 Å². The highest BCUT2D eigenvalue weighted by molar-refractivity contribution is 5.02. The van der Waals surface area contributed by atoms with E-state index in [1.54, 1.807) is 24.6 Å². The predicted octanol–water partition coefficient (Wildman–Crippen LogP) is 1.46. The normalized spacial score (nSPS) is 12.6. The molecule has 2 heterocycles. The van der Waals surface area contributed by atoms with Crippen LogP contribution in [0.2, 0.25) is 0 Å². The molecule has 0 bridgehead atoms. The van der Waals surface area contributed by atoms with Crippen LogP contribution in [0.5, 0.6) is 0 Å². The molecule has 1 aromatic heterocycles. The minimum Gasteiger partial charge on any atom is -0.497 e. The molecular weight excluding hydrogens is 166 g/mol. The molecule has 2 rings (SSSR count). The highest BCUT2D eigenvalue weighted by Gasteiger charge is 1.75. The molecule has 13 heavy (non-hydrogen) atoms. The zero-order valence-electron chi connectivity index (χ0n) is 7.14. The summed E-state index contributed by atoms with van der Waals surface area (Å²) >= 11 is 0. The van der Waals surface area contributed by atoms with Crippen LogP contribution < -0.4 is 5.56 Å². The van der Waals surface area contributed by atoms with Crippen LogP contribution in [0.15, 0.2) is 53.7 Å². The van der Waals surface area contributed by atoms with Crippen LogP contribution in [-0.2, 0) is 4.74 Å². The Kier molecular flexibility index (Phi) is 4.18. The molecule has 0 saturated carbocycles. The highest BCUT2D eigenvalue weighted by atomic mass is 16.5. The van der Waals surface area contributed by atoms with E-state index in [-0.39, 0.29) is 5.56 Å². The fourth-order valence-electron chi connectivity index (χ4n) is 0.723. The van der Waals surface area contributed by atoms with Gasteiger partial charge in [-0.3, -0.25) is 4.79 Å². The maximum Gasteiger partial charge on any atom is 0.247 e. The van der Waals surface area contributed by atoms with Crippen LogP contribution in [0, 0.1) is 0 Å². The van der Waals surface area contributed by atoms with Gasteiger partial charge in [-0.15, -0.1) is 0 Å². The van der Waals surface area contributed by atoms with Crippen LogP contribution in [0.3, 0.4) is 0 Å².